The molecule has 1 spiro atoms. The number of fused-ring (bicyclic) bond motifs is 3. The number of piperidine rings is 1. The van der Waals surface area contributed by atoms with Gasteiger partial charge in [-0.2, -0.15) is 13.2 Å². The molecule has 0 bridgehead atoms. The molecule has 3 aromatic rings. The topological polar surface area (TPSA) is 51.8 Å². The lowest BCUT2D eigenvalue weighted by Gasteiger charge is -2.52. The maximum Gasteiger partial charge on any atom is 0.401 e. The second-order valence-electron chi connectivity index (χ2n) is 13.1. The first-order chi connectivity index (χ1) is 20.1. The van der Waals surface area contributed by atoms with E-state index in [-0.39, 0.29) is 25.0 Å². The Morgan fingerprint density at radius 2 is 1.83 bits per heavy atom. The van der Waals surface area contributed by atoms with Gasteiger partial charge in [-0.1, -0.05) is 12.1 Å². The molecule has 3 heterocycles. The van der Waals surface area contributed by atoms with Crippen LogP contribution < -0.4 is 4.74 Å². The molecule has 1 amide bonds. The molecule has 7 rings (SSSR count). The molecule has 2 aliphatic carbocycles. The van der Waals surface area contributed by atoms with Gasteiger partial charge in [0, 0.05) is 67.0 Å². The summed E-state index contributed by atoms with van der Waals surface area (Å²) < 4.78 is 44.2. The molecule has 224 valence electrons. The van der Waals surface area contributed by atoms with Gasteiger partial charge >= 0.3 is 6.18 Å². The number of carbonyl (C=O) groups excluding carboxylic acids is 1. The van der Waals surface area contributed by atoms with Gasteiger partial charge < -0.3 is 14.6 Å². The molecule has 2 saturated carbocycles. The highest BCUT2D eigenvalue weighted by molar-refractivity contribution is 5.94. The number of likely N-dealkylation sites (tertiary alicyclic amines) is 1. The molecule has 2 saturated heterocycles. The number of aromatic amines is 1. The molecule has 2 aliphatic heterocycles. The van der Waals surface area contributed by atoms with E-state index in [0.717, 1.165) is 42.6 Å². The number of alkyl halides is 3. The fourth-order valence-electron chi connectivity index (χ4n) is 8.29. The summed E-state index contributed by atoms with van der Waals surface area (Å²) in [6.07, 6.45) is 2.86. The molecular weight excluding hydrogens is 541 g/mol. The summed E-state index contributed by atoms with van der Waals surface area (Å²) in [7, 11) is 1.74. The standard InChI is InChI=1S/C33H39F3N4O2/c1-21-15-29(42-2)26(25-7-9-37-30(21)25)19-40-10-8-32(17-24-16-27(24)32)18-28(40)22-3-5-23(6-4-22)31(41)39-13-11-38(12-14-39)20-33(34,35)36/h3-7,9,15,24,27-28,37H,8,10-14,16-20H2,1-2H3/t24-,27?,28-,32+/m0/s1. The first-order valence-corrected chi connectivity index (χ1v) is 15.2. The van der Waals surface area contributed by atoms with Crippen molar-refractivity contribution in [3.05, 3.63) is 64.8 Å². The van der Waals surface area contributed by atoms with Crippen LogP contribution in [0.1, 0.15) is 58.8 Å². The Bertz CT molecular complexity index is 1480. The number of piperazine rings is 1. The summed E-state index contributed by atoms with van der Waals surface area (Å²) in [5, 5.41) is 1.20. The second-order valence-corrected chi connectivity index (χ2v) is 13.1. The number of carbonyl (C=O) groups is 1. The van der Waals surface area contributed by atoms with Crippen molar-refractivity contribution in [1.29, 1.82) is 0 Å². The van der Waals surface area contributed by atoms with Gasteiger partial charge in [0.2, 0.25) is 0 Å². The maximum absolute atomic E-state index is 13.2. The first kappa shape index (κ1) is 27.8. The Kier molecular flexibility index (Phi) is 6.81. The SMILES string of the molecule is COc1cc(C)c2[nH]ccc2c1CN1CC[C@@]2(C[C@@H]3CC32)C[C@H]1c1ccc(C(=O)N2CCN(CC(F)(F)F)CC2)cc1. The molecule has 42 heavy (non-hydrogen) atoms. The third-order valence-electron chi connectivity index (χ3n) is 10.6. The summed E-state index contributed by atoms with van der Waals surface area (Å²) in [5.41, 5.74) is 5.78. The van der Waals surface area contributed by atoms with Crippen LogP contribution in [0, 0.1) is 24.2 Å². The average molecular weight is 581 g/mol. The highest BCUT2D eigenvalue weighted by Gasteiger charge is 2.64. The summed E-state index contributed by atoms with van der Waals surface area (Å²) in [6.45, 7) is 4.09. The smallest absolute Gasteiger partial charge is 0.401 e. The molecule has 1 N–H and O–H groups in total. The number of nitrogens with one attached hydrogen (secondary N) is 1. The number of ether oxygens (including phenoxy) is 1. The van der Waals surface area contributed by atoms with E-state index in [9.17, 15) is 18.0 Å². The molecule has 1 aromatic heterocycles. The highest BCUT2D eigenvalue weighted by Crippen LogP contribution is 2.72. The van der Waals surface area contributed by atoms with Gasteiger partial charge in [0.15, 0.2) is 0 Å². The van der Waals surface area contributed by atoms with Crippen LogP contribution in [0.5, 0.6) is 5.75 Å². The van der Waals surface area contributed by atoms with Crippen LogP contribution in [0.15, 0.2) is 42.6 Å². The average Bonchev–Trinajstić information content (AvgIpc) is 3.42. The third-order valence-corrected chi connectivity index (χ3v) is 10.6. The highest BCUT2D eigenvalue weighted by atomic mass is 19.4. The Labute approximate surface area is 244 Å². The number of benzene rings is 2. The fourth-order valence-corrected chi connectivity index (χ4v) is 8.29. The van der Waals surface area contributed by atoms with Gasteiger partial charge in [-0.3, -0.25) is 14.6 Å². The molecular formula is C33H39F3N4O2. The Morgan fingerprint density at radius 3 is 2.48 bits per heavy atom. The largest absolute Gasteiger partial charge is 0.496 e. The van der Waals surface area contributed by atoms with Crippen LogP contribution >= 0.6 is 0 Å². The van der Waals surface area contributed by atoms with Crippen molar-refractivity contribution in [1.82, 2.24) is 19.7 Å². The predicted octanol–water partition coefficient (Wildman–Crippen LogP) is 6.17. The predicted molar refractivity (Wildman–Crippen MR) is 155 cm³/mol. The number of halogens is 3. The molecule has 1 unspecified atom stereocenters. The number of methoxy groups -OCH3 is 1. The minimum absolute atomic E-state index is 0.107. The van der Waals surface area contributed by atoms with Crippen molar-refractivity contribution in [2.24, 2.45) is 17.3 Å². The number of aryl methyl sites for hydroxylation is 1. The lowest BCUT2D eigenvalue weighted by atomic mass is 9.60. The van der Waals surface area contributed by atoms with Gasteiger partial charge in [0.1, 0.15) is 5.75 Å². The van der Waals surface area contributed by atoms with Crippen LogP contribution in [0.4, 0.5) is 13.2 Å². The number of H-pyrrole nitrogens is 1. The monoisotopic (exact) mass is 580 g/mol. The number of hydrogen-bond donors (Lipinski definition) is 1. The Morgan fingerprint density at radius 1 is 1.07 bits per heavy atom. The number of amides is 1. The van der Waals surface area contributed by atoms with E-state index < -0.39 is 12.7 Å². The zero-order valence-corrected chi connectivity index (χ0v) is 24.3. The fraction of sp³-hybridized carbons (Fsp3) is 0.545. The molecule has 4 aliphatic rings. The van der Waals surface area contributed by atoms with Crippen LogP contribution in [-0.2, 0) is 6.54 Å². The van der Waals surface area contributed by atoms with Gasteiger partial charge in [-0.05, 0) is 91.8 Å². The number of aromatic nitrogens is 1. The third kappa shape index (κ3) is 4.98. The van der Waals surface area contributed by atoms with E-state index in [1.165, 1.54) is 46.2 Å². The molecule has 0 radical (unpaired) electrons. The molecule has 9 heteroatoms. The van der Waals surface area contributed by atoms with Crippen LogP contribution in [0.3, 0.4) is 0 Å². The maximum atomic E-state index is 13.2. The van der Waals surface area contributed by atoms with E-state index in [1.54, 1.807) is 12.0 Å². The number of nitrogens with zero attached hydrogens (tertiary/aromatic N) is 3. The normalized spacial score (nSPS) is 28.1. The van der Waals surface area contributed by atoms with Crippen molar-refractivity contribution in [3.63, 3.8) is 0 Å². The van der Waals surface area contributed by atoms with Gasteiger partial charge in [0.05, 0.1) is 13.7 Å². The number of hydrogen-bond acceptors (Lipinski definition) is 4. The van der Waals surface area contributed by atoms with Crippen molar-refractivity contribution in [3.8, 4) is 5.75 Å². The summed E-state index contributed by atoms with van der Waals surface area (Å²) in [5.74, 6) is 2.62. The van der Waals surface area contributed by atoms with Crippen molar-refractivity contribution >= 4 is 16.8 Å². The number of rotatable bonds is 6. The minimum atomic E-state index is -4.22. The molecule has 2 aromatic carbocycles. The summed E-state index contributed by atoms with van der Waals surface area (Å²) in [6, 6.07) is 12.5. The zero-order chi connectivity index (χ0) is 29.2. The summed E-state index contributed by atoms with van der Waals surface area (Å²) in [4.78, 5) is 22.3. The van der Waals surface area contributed by atoms with E-state index in [2.05, 4.69) is 41.1 Å². The van der Waals surface area contributed by atoms with Crippen LogP contribution in [-0.4, -0.2) is 78.1 Å². The van der Waals surface area contributed by atoms with Crippen LogP contribution in [0.2, 0.25) is 0 Å². The van der Waals surface area contributed by atoms with Crippen molar-refractivity contribution in [2.45, 2.75) is 51.4 Å². The Hall–Kier alpha value is -3.04. The summed E-state index contributed by atoms with van der Waals surface area (Å²) >= 11 is 0. The lowest BCUT2D eigenvalue weighted by molar-refractivity contribution is -0.148. The lowest BCUT2D eigenvalue weighted by Crippen LogP contribution is -2.50. The minimum Gasteiger partial charge on any atom is -0.496 e. The Balaban J connectivity index is 1.11. The molecule has 4 atom stereocenters. The zero-order valence-electron chi connectivity index (χ0n) is 24.3. The van der Waals surface area contributed by atoms with Crippen LogP contribution in [0.25, 0.3) is 10.9 Å². The first-order valence-electron chi connectivity index (χ1n) is 15.2. The molecule has 6 nitrogen and oxygen atoms in total. The van der Waals surface area contributed by atoms with E-state index >= 15 is 0 Å². The second kappa shape index (κ2) is 10.3. The van der Waals surface area contributed by atoms with E-state index in [0.29, 0.717) is 24.1 Å². The van der Waals surface area contributed by atoms with E-state index in [1.807, 2.05) is 18.3 Å². The van der Waals surface area contributed by atoms with Gasteiger partial charge in [0.25, 0.3) is 5.91 Å². The van der Waals surface area contributed by atoms with Crippen molar-refractivity contribution in [2.75, 3.05) is 46.4 Å². The van der Waals surface area contributed by atoms with Crippen molar-refractivity contribution < 1.29 is 22.7 Å². The van der Waals surface area contributed by atoms with E-state index in [4.69, 9.17) is 4.74 Å². The molecule has 4 fully saturated rings. The quantitative estimate of drug-likeness (QED) is 0.379. The van der Waals surface area contributed by atoms with Gasteiger partial charge in [-0.25, -0.2) is 0 Å². The van der Waals surface area contributed by atoms with Gasteiger partial charge in [-0.15, -0.1) is 0 Å².